The SMILES string of the molecule is CC(C)(C)n1ccn2c(=O)cccc2c1=O. The summed E-state index contributed by atoms with van der Waals surface area (Å²) >= 11 is 0. The summed E-state index contributed by atoms with van der Waals surface area (Å²) in [6.07, 6.45) is 3.28. The van der Waals surface area contributed by atoms with Crippen LogP contribution in [-0.4, -0.2) is 8.97 Å². The summed E-state index contributed by atoms with van der Waals surface area (Å²) in [5.74, 6) is 0. The minimum Gasteiger partial charge on any atom is -0.307 e. The van der Waals surface area contributed by atoms with Crippen LogP contribution >= 0.6 is 0 Å². The van der Waals surface area contributed by atoms with Crippen LogP contribution in [0, 0.1) is 0 Å². The van der Waals surface area contributed by atoms with Gasteiger partial charge in [-0.25, -0.2) is 0 Å². The van der Waals surface area contributed by atoms with Crippen LogP contribution in [-0.2, 0) is 5.54 Å². The predicted octanol–water partition coefficient (Wildman–Crippen LogP) is 1.22. The zero-order valence-corrected chi connectivity index (χ0v) is 9.60. The van der Waals surface area contributed by atoms with Gasteiger partial charge in [0, 0.05) is 24.0 Å². The molecule has 0 aliphatic rings. The molecule has 0 unspecified atom stereocenters. The van der Waals surface area contributed by atoms with Crippen LogP contribution < -0.4 is 11.1 Å². The molecule has 2 aromatic rings. The highest BCUT2D eigenvalue weighted by Gasteiger charge is 2.15. The molecule has 0 saturated carbocycles. The van der Waals surface area contributed by atoms with Gasteiger partial charge in [0.1, 0.15) is 5.52 Å². The van der Waals surface area contributed by atoms with E-state index in [1.165, 1.54) is 10.5 Å². The third kappa shape index (κ3) is 1.56. The lowest BCUT2D eigenvalue weighted by atomic mass is 10.1. The van der Waals surface area contributed by atoms with Crippen molar-refractivity contribution in [3.05, 3.63) is 51.3 Å². The van der Waals surface area contributed by atoms with E-state index in [0.717, 1.165) is 0 Å². The van der Waals surface area contributed by atoms with Crippen molar-refractivity contribution in [1.29, 1.82) is 0 Å². The van der Waals surface area contributed by atoms with Gasteiger partial charge in [-0.05, 0) is 26.8 Å². The van der Waals surface area contributed by atoms with E-state index < -0.39 is 0 Å². The minimum atomic E-state index is -0.287. The van der Waals surface area contributed by atoms with Gasteiger partial charge in [0.25, 0.3) is 11.1 Å². The number of fused-ring (bicyclic) bond motifs is 1. The molecule has 2 aromatic heterocycles. The topological polar surface area (TPSA) is 43.5 Å². The molecule has 0 saturated heterocycles. The molecule has 0 bridgehead atoms. The fourth-order valence-corrected chi connectivity index (χ4v) is 1.68. The summed E-state index contributed by atoms with van der Waals surface area (Å²) in [5.41, 5.74) is -0.210. The van der Waals surface area contributed by atoms with E-state index in [0.29, 0.717) is 5.52 Å². The van der Waals surface area contributed by atoms with E-state index in [-0.39, 0.29) is 16.7 Å². The van der Waals surface area contributed by atoms with E-state index in [1.807, 2.05) is 20.8 Å². The van der Waals surface area contributed by atoms with Crippen LogP contribution in [0.1, 0.15) is 20.8 Å². The summed E-state index contributed by atoms with van der Waals surface area (Å²) in [5, 5.41) is 0. The number of rotatable bonds is 0. The molecule has 0 spiro atoms. The molecule has 2 rings (SSSR count). The van der Waals surface area contributed by atoms with Crippen LogP contribution in [0.25, 0.3) is 5.52 Å². The Hall–Kier alpha value is -1.84. The molecule has 16 heavy (non-hydrogen) atoms. The Labute approximate surface area is 92.8 Å². The molecular weight excluding hydrogens is 204 g/mol. The van der Waals surface area contributed by atoms with Gasteiger partial charge in [-0.1, -0.05) is 6.07 Å². The molecule has 4 heteroatoms. The van der Waals surface area contributed by atoms with Crippen molar-refractivity contribution in [1.82, 2.24) is 8.97 Å². The zero-order valence-electron chi connectivity index (χ0n) is 9.60. The Balaban J connectivity index is 2.92. The maximum absolute atomic E-state index is 12.1. The summed E-state index contributed by atoms with van der Waals surface area (Å²) in [6, 6.07) is 4.70. The monoisotopic (exact) mass is 218 g/mol. The number of nitrogens with zero attached hydrogens (tertiary/aromatic N) is 2. The Kier molecular flexibility index (Phi) is 2.22. The van der Waals surface area contributed by atoms with Crippen LogP contribution in [0.3, 0.4) is 0 Å². The van der Waals surface area contributed by atoms with Crippen molar-refractivity contribution in [2.75, 3.05) is 0 Å². The first-order valence-corrected chi connectivity index (χ1v) is 5.15. The van der Waals surface area contributed by atoms with Crippen molar-refractivity contribution < 1.29 is 0 Å². The van der Waals surface area contributed by atoms with Gasteiger partial charge in [0.15, 0.2) is 0 Å². The normalized spacial score (nSPS) is 11.9. The van der Waals surface area contributed by atoms with Crippen LogP contribution in [0.5, 0.6) is 0 Å². The molecule has 0 fully saturated rings. The van der Waals surface area contributed by atoms with E-state index >= 15 is 0 Å². The molecule has 84 valence electrons. The maximum atomic E-state index is 12.1. The van der Waals surface area contributed by atoms with E-state index in [9.17, 15) is 9.59 Å². The zero-order chi connectivity index (χ0) is 11.9. The first-order valence-electron chi connectivity index (χ1n) is 5.15. The molecule has 4 nitrogen and oxygen atoms in total. The van der Waals surface area contributed by atoms with Gasteiger partial charge >= 0.3 is 0 Å². The maximum Gasteiger partial charge on any atom is 0.275 e. The molecule has 0 aliphatic heterocycles. The van der Waals surface area contributed by atoms with E-state index in [2.05, 4.69) is 0 Å². The fraction of sp³-hybridized carbons (Fsp3) is 0.333. The Bertz CT molecular complexity index is 644. The quantitative estimate of drug-likeness (QED) is 0.667. The highest BCUT2D eigenvalue weighted by atomic mass is 16.1. The van der Waals surface area contributed by atoms with Gasteiger partial charge in [0.05, 0.1) is 0 Å². The van der Waals surface area contributed by atoms with E-state index in [4.69, 9.17) is 0 Å². The predicted molar refractivity (Wildman–Crippen MR) is 62.9 cm³/mol. The lowest BCUT2D eigenvalue weighted by molar-refractivity contribution is 0.384. The van der Waals surface area contributed by atoms with Crippen molar-refractivity contribution in [2.24, 2.45) is 0 Å². The molecular formula is C12H14N2O2. The second-order valence-electron chi connectivity index (χ2n) is 4.76. The summed E-state index contributed by atoms with van der Waals surface area (Å²) in [4.78, 5) is 23.6. The second kappa shape index (κ2) is 3.33. The van der Waals surface area contributed by atoms with Crippen molar-refractivity contribution in [2.45, 2.75) is 26.3 Å². The highest BCUT2D eigenvalue weighted by Crippen LogP contribution is 2.10. The largest absolute Gasteiger partial charge is 0.307 e. The summed E-state index contributed by atoms with van der Waals surface area (Å²) in [7, 11) is 0. The lowest BCUT2D eigenvalue weighted by Crippen LogP contribution is -2.35. The second-order valence-corrected chi connectivity index (χ2v) is 4.76. The van der Waals surface area contributed by atoms with Gasteiger partial charge in [-0.15, -0.1) is 0 Å². The van der Waals surface area contributed by atoms with Crippen molar-refractivity contribution in [3.8, 4) is 0 Å². The highest BCUT2D eigenvalue weighted by molar-refractivity contribution is 5.43. The molecule has 0 radical (unpaired) electrons. The Morgan fingerprint density at radius 2 is 1.75 bits per heavy atom. The Morgan fingerprint density at radius 1 is 1.06 bits per heavy atom. The number of hydrogen-bond acceptors (Lipinski definition) is 2. The lowest BCUT2D eigenvalue weighted by Gasteiger charge is -2.22. The van der Waals surface area contributed by atoms with Gasteiger partial charge in [-0.3, -0.25) is 14.0 Å². The molecule has 0 amide bonds. The third-order valence-corrected chi connectivity index (χ3v) is 2.52. The van der Waals surface area contributed by atoms with Crippen LogP contribution in [0.2, 0.25) is 0 Å². The summed E-state index contributed by atoms with van der Waals surface area (Å²) in [6.45, 7) is 5.85. The molecule has 0 atom stereocenters. The molecule has 0 N–H and O–H groups in total. The number of pyridine rings is 1. The van der Waals surface area contributed by atoms with Gasteiger partial charge < -0.3 is 4.57 Å². The summed E-state index contributed by atoms with van der Waals surface area (Å²) < 4.78 is 2.99. The van der Waals surface area contributed by atoms with Gasteiger partial charge in [-0.2, -0.15) is 0 Å². The third-order valence-electron chi connectivity index (χ3n) is 2.52. The minimum absolute atomic E-state index is 0.146. The van der Waals surface area contributed by atoms with E-state index in [1.54, 1.807) is 29.1 Å². The van der Waals surface area contributed by atoms with Crippen LogP contribution in [0.15, 0.2) is 40.2 Å². The van der Waals surface area contributed by atoms with Crippen molar-refractivity contribution in [3.63, 3.8) is 0 Å². The first kappa shape index (κ1) is 10.7. The van der Waals surface area contributed by atoms with Crippen molar-refractivity contribution >= 4 is 5.52 Å². The fourth-order valence-electron chi connectivity index (χ4n) is 1.68. The average Bonchev–Trinajstić information content (AvgIpc) is 2.18. The first-order chi connectivity index (χ1) is 7.41. The molecule has 2 heterocycles. The molecule has 0 aliphatic carbocycles. The number of aromatic nitrogens is 2. The van der Waals surface area contributed by atoms with Crippen LogP contribution in [0.4, 0.5) is 0 Å². The number of hydrogen-bond donors (Lipinski definition) is 0. The molecule has 0 aromatic carbocycles. The average molecular weight is 218 g/mol. The smallest absolute Gasteiger partial charge is 0.275 e. The standard InChI is InChI=1S/C12H14N2O2/c1-12(2,3)14-8-7-13-9(11(14)16)5-4-6-10(13)15/h4-8H,1-3H3. The van der Waals surface area contributed by atoms with Gasteiger partial charge in [0.2, 0.25) is 0 Å². The Morgan fingerprint density at radius 3 is 2.38 bits per heavy atom.